The fraction of sp³-hybridized carbons (Fsp3) is 0.333. The summed E-state index contributed by atoms with van der Waals surface area (Å²) in [5.74, 6) is -0.126. The molecule has 1 saturated heterocycles. The van der Waals surface area contributed by atoms with Gasteiger partial charge < -0.3 is 14.5 Å². The van der Waals surface area contributed by atoms with Gasteiger partial charge >= 0.3 is 0 Å². The van der Waals surface area contributed by atoms with E-state index in [-0.39, 0.29) is 28.8 Å². The number of carbonyl (C=O) groups is 1. The van der Waals surface area contributed by atoms with Crippen LogP contribution in [0.15, 0.2) is 47.4 Å². The summed E-state index contributed by atoms with van der Waals surface area (Å²) in [6.07, 6.45) is -0.0607. The fourth-order valence-corrected chi connectivity index (χ4v) is 5.72. The van der Waals surface area contributed by atoms with Gasteiger partial charge in [0.25, 0.3) is 0 Å². The smallest absolute Gasteiger partial charge is 0.223 e. The van der Waals surface area contributed by atoms with Crippen LogP contribution in [0.5, 0.6) is 5.75 Å². The SMILES string of the molecule is COc1ccc(S(=O)(=O)CCC(=O)N2CCN(c3nc4ccc(F)cc4s3)CC2)cc1. The van der Waals surface area contributed by atoms with Gasteiger partial charge in [0, 0.05) is 32.6 Å². The second-order valence-corrected chi connectivity index (χ2v) is 10.3. The number of nitrogens with zero attached hydrogens (tertiary/aromatic N) is 3. The number of methoxy groups -OCH3 is 1. The van der Waals surface area contributed by atoms with Crippen LogP contribution in [0.25, 0.3) is 10.2 Å². The molecule has 0 N–H and O–H groups in total. The summed E-state index contributed by atoms with van der Waals surface area (Å²) >= 11 is 1.42. The van der Waals surface area contributed by atoms with Crippen molar-refractivity contribution in [1.82, 2.24) is 9.88 Å². The number of ether oxygens (including phenoxy) is 1. The third-order valence-electron chi connectivity index (χ3n) is 5.25. The van der Waals surface area contributed by atoms with Crippen LogP contribution in [0.1, 0.15) is 6.42 Å². The van der Waals surface area contributed by atoms with Crippen LogP contribution in [-0.4, -0.2) is 63.3 Å². The fourth-order valence-electron chi connectivity index (χ4n) is 3.45. The van der Waals surface area contributed by atoms with E-state index in [0.29, 0.717) is 31.9 Å². The quantitative estimate of drug-likeness (QED) is 0.559. The van der Waals surface area contributed by atoms with E-state index in [1.165, 1.54) is 42.7 Å². The molecule has 7 nitrogen and oxygen atoms in total. The van der Waals surface area contributed by atoms with Crippen LogP contribution in [0.3, 0.4) is 0 Å². The van der Waals surface area contributed by atoms with Crippen LogP contribution in [0.4, 0.5) is 9.52 Å². The first kappa shape index (κ1) is 21.5. The Bertz CT molecular complexity index is 1190. The topological polar surface area (TPSA) is 79.8 Å². The Hall–Kier alpha value is -2.72. The van der Waals surface area contributed by atoms with Crippen molar-refractivity contribution < 1.29 is 22.3 Å². The molecule has 1 aliphatic rings. The van der Waals surface area contributed by atoms with E-state index in [1.54, 1.807) is 23.1 Å². The maximum absolute atomic E-state index is 13.4. The normalized spacial score (nSPS) is 14.8. The molecule has 1 aliphatic heterocycles. The molecule has 3 aromatic rings. The standard InChI is InChI=1S/C21H22FN3O4S2/c1-29-16-3-5-17(6-4-16)31(27,28)13-8-20(26)24-9-11-25(12-10-24)21-23-18-7-2-15(22)14-19(18)30-21/h2-7,14H,8-13H2,1H3. The first-order valence-corrected chi connectivity index (χ1v) is 12.3. The maximum atomic E-state index is 13.4. The van der Waals surface area contributed by atoms with Crippen LogP contribution >= 0.6 is 11.3 Å². The van der Waals surface area contributed by atoms with Crippen molar-refractivity contribution in [3.05, 3.63) is 48.3 Å². The van der Waals surface area contributed by atoms with E-state index in [0.717, 1.165) is 15.3 Å². The van der Waals surface area contributed by atoms with E-state index in [1.807, 2.05) is 0 Å². The molecule has 4 rings (SSSR count). The van der Waals surface area contributed by atoms with Crippen molar-refractivity contribution in [2.75, 3.05) is 43.9 Å². The molecule has 1 aromatic heterocycles. The summed E-state index contributed by atoms with van der Waals surface area (Å²) in [7, 11) is -2.03. The number of thiazole rings is 1. The van der Waals surface area contributed by atoms with Gasteiger partial charge in [-0.1, -0.05) is 11.3 Å². The summed E-state index contributed by atoms with van der Waals surface area (Å²) in [4.78, 5) is 21.1. The summed E-state index contributed by atoms with van der Waals surface area (Å²) in [5, 5.41) is 0.801. The molecule has 0 bridgehead atoms. The molecule has 1 amide bonds. The highest BCUT2D eigenvalue weighted by molar-refractivity contribution is 7.91. The summed E-state index contributed by atoms with van der Waals surface area (Å²) in [6, 6.07) is 10.7. The third kappa shape index (κ3) is 4.80. The minimum atomic E-state index is -3.54. The van der Waals surface area contributed by atoms with E-state index in [2.05, 4.69) is 9.88 Å². The highest BCUT2D eigenvalue weighted by Gasteiger charge is 2.25. The van der Waals surface area contributed by atoms with Crippen molar-refractivity contribution in [3.63, 3.8) is 0 Å². The number of halogens is 1. The maximum Gasteiger partial charge on any atom is 0.223 e. The zero-order valence-electron chi connectivity index (χ0n) is 17.0. The van der Waals surface area contributed by atoms with Crippen molar-refractivity contribution >= 4 is 42.4 Å². The van der Waals surface area contributed by atoms with E-state index in [9.17, 15) is 17.6 Å². The Labute approximate surface area is 184 Å². The second-order valence-electron chi connectivity index (χ2n) is 7.22. The number of amides is 1. The number of piperazine rings is 1. The lowest BCUT2D eigenvalue weighted by molar-refractivity contribution is -0.131. The molecular formula is C21H22FN3O4S2. The predicted octanol–water partition coefficient (Wildman–Crippen LogP) is 2.96. The molecule has 0 unspecified atom stereocenters. The zero-order valence-corrected chi connectivity index (χ0v) is 18.6. The molecule has 0 atom stereocenters. The number of hydrogen-bond acceptors (Lipinski definition) is 7. The van der Waals surface area contributed by atoms with Crippen molar-refractivity contribution in [2.45, 2.75) is 11.3 Å². The van der Waals surface area contributed by atoms with Crippen LogP contribution in [-0.2, 0) is 14.6 Å². The number of carbonyl (C=O) groups excluding carboxylic acids is 1. The molecule has 0 radical (unpaired) electrons. The molecular weight excluding hydrogens is 441 g/mol. The average molecular weight is 464 g/mol. The minimum absolute atomic E-state index is 0.0607. The Morgan fingerprint density at radius 2 is 1.84 bits per heavy atom. The van der Waals surface area contributed by atoms with Gasteiger partial charge in [0.05, 0.1) is 28.0 Å². The van der Waals surface area contributed by atoms with E-state index >= 15 is 0 Å². The number of fused-ring (bicyclic) bond motifs is 1. The molecule has 1 fully saturated rings. The third-order valence-corrected chi connectivity index (χ3v) is 8.06. The Morgan fingerprint density at radius 3 is 2.52 bits per heavy atom. The van der Waals surface area contributed by atoms with Crippen LogP contribution in [0, 0.1) is 5.82 Å². The molecule has 31 heavy (non-hydrogen) atoms. The Kier molecular flexibility index (Phi) is 6.10. The number of sulfone groups is 1. The van der Waals surface area contributed by atoms with E-state index in [4.69, 9.17) is 4.74 Å². The Balaban J connectivity index is 1.32. The van der Waals surface area contributed by atoms with Crippen molar-refractivity contribution in [2.24, 2.45) is 0 Å². The number of hydrogen-bond donors (Lipinski definition) is 0. The zero-order chi connectivity index (χ0) is 22.0. The second kappa shape index (κ2) is 8.80. The van der Waals surface area contributed by atoms with Crippen molar-refractivity contribution in [3.8, 4) is 5.75 Å². The molecule has 2 heterocycles. The first-order chi connectivity index (χ1) is 14.9. The van der Waals surface area contributed by atoms with E-state index < -0.39 is 9.84 Å². The first-order valence-electron chi connectivity index (χ1n) is 9.81. The molecule has 164 valence electrons. The summed E-state index contributed by atoms with van der Waals surface area (Å²) < 4.78 is 44.3. The monoisotopic (exact) mass is 463 g/mol. The number of benzene rings is 2. The van der Waals surface area contributed by atoms with Gasteiger partial charge in [-0.3, -0.25) is 4.79 Å². The van der Waals surface area contributed by atoms with Crippen LogP contribution < -0.4 is 9.64 Å². The predicted molar refractivity (Wildman–Crippen MR) is 118 cm³/mol. The van der Waals surface area contributed by atoms with Gasteiger partial charge in [0.1, 0.15) is 11.6 Å². The molecule has 2 aromatic carbocycles. The van der Waals surface area contributed by atoms with Gasteiger partial charge in [-0.05, 0) is 42.5 Å². The number of anilines is 1. The highest BCUT2D eigenvalue weighted by atomic mass is 32.2. The van der Waals surface area contributed by atoms with Gasteiger partial charge in [0.15, 0.2) is 15.0 Å². The van der Waals surface area contributed by atoms with Crippen molar-refractivity contribution in [1.29, 1.82) is 0 Å². The van der Waals surface area contributed by atoms with Gasteiger partial charge in [-0.25, -0.2) is 17.8 Å². The number of rotatable bonds is 6. The summed E-state index contributed by atoms with van der Waals surface area (Å²) in [6.45, 7) is 2.18. The lowest BCUT2D eigenvalue weighted by Gasteiger charge is -2.34. The minimum Gasteiger partial charge on any atom is -0.497 e. The molecule has 0 saturated carbocycles. The number of aromatic nitrogens is 1. The Morgan fingerprint density at radius 1 is 1.13 bits per heavy atom. The largest absolute Gasteiger partial charge is 0.497 e. The lowest BCUT2D eigenvalue weighted by Crippen LogP contribution is -2.49. The summed E-state index contributed by atoms with van der Waals surface area (Å²) in [5.41, 5.74) is 0.753. The molecule has 0 aliphatic carbocycles. The lowest BCUT2D eigenvalue weighted by atomic mass is 10.3. The highest BCUT2D eigenvalue weighted by Crippen LogP contribution is 2.30. The average Bonchev–Trinajstić information content (AvgIpc) is 3.21. The molecule has 10 heteroatoms. The van der Waals surface area contributed by atoms with Gasteiger partial charge in [-0.15, -0.1) is 0 Å². The van der Waals surface area contributed by atoms with Gasteiger partial charge in [-0.2, -0.15) is 0 Å². The van der Waals surface area contributed by atoms with Gasteiger partial charge in [0.2, 0.25) is 5.91 Å². The molecule has 0 spiro atoms. The van der Waals surface area contributed by atoms with Crippen LogP contribution in [0.2, 0.25) is 0 Å².